The maximum Gasteiger partial charge on any atom is 0.157 e. The molecule has 0 saturated heterocycles. The highest BCUT2D eigenvalue weighted by molar-refractivity contribution is 5.51. The largest absolute Gasteiger partial charge is 0.508 e. The van der Waals surface area contributed by atoms with Crippen LogP contribution in [0.3, 0.4) is 0 Å². The van der Waals surface area contributed by atoms with Crippen molar-refractivity contribution in [2.75, 3.05) is 5.32 Å². The van der Waals surface area contributed by atoms with Crippen LogP contribution in [0.1, 0.15) is 11.1 Å². The van der Waals surface area contributed by atoms with Crippen LogP contribution in [-0.4, -0.2) is 19.7 Å². The maximum atomic E-state index is 9.74. The monoisotopic (exact) mass is 254 g/mol. The minimum Gasteiger partial charge on any atom is -0.508 e. The summed E-state index contributed by atoms with van der Waals surface area (Å²) < 4.78 is 1.74. The zero-order valence-electron chi connectivity index (χ0n) is 10.5. The lowest BCUT2D eigenvalue weighted by Gasteiger charge is -2.10. The van der Waals surface area contributed by atoms with Crippen LogP contribution in [0.25, 0.3) is 5.65 Å². The van der Waals surface area contributed by atoms with Gasteiger partial charge in [-0.15, -0.1) is 0 Å². The number of nitrogens with one attached hydrogen (secondary N) is 1. The van der Waals surface area contributed by atoms with Gasteiger partial charge in [0.05, 0.1) is 0 Å². The molecule has 0 aliphatic carbocycles. The summed E-state index contributed by atoms with van der Waals surface area (Å²) in [5.41, 5.74) is 2.76. The van der Waals surface area contributed by atoms with Gasteiger partial charge in [0, 0.05) is 12.1 Å². The van der Waals surface area contributed by atoms with E-state index in [4.69, 9.17) is 0 Å². The molecule has 3 rings (SSSR count). The first-order valence-corrected chi connectivity index (χ1v) is 6.05. The second kappa shape index (κ2) is 4.61. The number of hydrogen-bond acceptors (Lipinski definition) is 4. The van der Waals surface area contributed by atoms with E-state index in [0.29, 0.717) is 6.54 Å². The van der Waals surface area contributed by atoms with E-state index in [9.17, 15) is 5.11 Å². The second-order valence-electron chi connectivity index (χ2n) is 4.43. The van der Waals surface area contributed by atoms with E-state index in [-0.39, 0.29) is 5.75 Å². The molecule has 3 aromatic rings. The van der Waals surface area contributed by atoms with E-state index < -0.39 is 0 Å². The van der Waals surface area contributed by atoms with Gasteiger partial charge in [-0.3, -0.25) is 0 Å². The Kier molecular flexibility index (Phi) is 2.79. The molecule has 0 aliphatic heterocycles. The van der Waals surface area contributed by atoms with Crippen molar-refractivity contribution in [3.05, 3.63) is 53.9 Å². The van der Waals surface area contributed by atoms with Crippen molar-refractivity contribution in [3.63, 3.8) is 0 Å². The minimum atomic E-state index is 0.289. The molecule has 0 fully saturated rings. The summed E-state index contributed by atoms with van der Waals surface area (Å²) in [6.45, 7) is 2.55. The lowest BCUT2D eigenvalue weighted by atomic mass is 10.2. The average molecular weight is 254 g/mol. The zero-order chi connectivity index (χ0) is 13.2. The fraction of sp³-hybridized carbons (Fsp3) is 0.143. The van der Waals surface area contributed by atoms with Gasteiger partial charge in [-0.2, -0.15) is 9.61 Å². The van der Waals surface area contributed by atoms with Crippen LogP contribution in [0.5, 0.6) is 5.75 Å². The third-order valence-electron chi connectivity index (χ3n) is 2.98. The van der Waals surface area contributed by atoms with Crippen LogP contribution in [0.15, 0.2) is 42.7 Å². The second-order valence-corrected chi connectivity index (χ2v) is 4.43. The predicted octanol–water partition coefficient (Wildman–Crippen LogP) is 2.36. The molecule has 0 radical (unpaired) electrons. The Balaban J connectivity index is 1.90. The van der Waals surface area contributed by atoms with E-state index in [2.05, 4.69) is 15.4 Å². The van der Waals surface area contributed by atoms with Gasteiger partial charge in [0.2, 0.25) is 0 Å². The smallest absolute Gasteiger partial charge is 0.157 e. The van der Waals surface area contributed by atoms with Crippen molar-refractivity contribution in [1.29, 1.82) is 0 Å². The average Bonchev–Trinajstić information content (AvgIpc) is 2.85. The molecule has 0 bridgehead atoms. The van der Waals surface area contributed by atoms with Crippen molar-refractivity contribution in [1.82, 2.24) is 14.6 Å². The van der Waals surface area contributed by atoms with Crippen LogP contribution < -0.4 is 5.32 Å². The van der Waals surface area contributed by atoms with Crippen molar-refractivity contribution in [2.24, 2.45) is 0 Å². The first-order chi connectivity index (χ1) is 9.24. The number of rotatable bonds is 3. The first kappa shape index (κ1) is 11.5. The fourth-order valence-electron chi connectivity index (χ4n) is 2.03. The van der Waals surface area contributed by atoms with Gasteiger partial charge < -0.3 is 10.4 Å². The van der Waals surface area contributed by atoms with Crippen molar-refractivity contribution in [2.45, 2.75) is 13.5 Å². The van der Waals surface area contributed by atoms with E-state index in [1.807, 2.05) is 31.2 Å². The Morgan fingerprint density at radius 2 is 2.11 bits per heavy atom. The molecule has 0 amide bonds. The molecular weight excluding hydrogens is 240 g/mol. The fourth-order valence-corrected chi connectivity index (χ4v) is 2.03. The van der Waals surface area contributed by atoms with Gasteiger partial charge in [0.1, 0.15) is 17.9 Å². The summed E-state index contributed by atoms with van der Waals surface area (Å²) in [5.74, 6) is 1.15. The molecule has 96 valence electrons. The molecule has 19 heavy (non-hydrogen) atoms. The number of anilines is 1. The summed E-state index contributed by atoms with van der Waals surface area (Å²) in [7, 11) is 0. The number of aromatic hydroxyl groups is 1. The third kappa shape index (κ3) is 2.22. The molecule has 5 heteroatoms. The Morgan fingerprint density at radius 3 is 2.95 bits per heavy atom. The Hall–Kier alpha value is -2.56. The highest BCUT2D eigenvalue weighted by atomic mass is 16.3. The molecule has 0 saturated carbocycles. The van der Waals surface area contributed by atoms with Crippen molar-refractivity contribution in [3.8, 4) is 5.75 Å². The predicted molar refractivity (Wildman–Crippen MR) is 73.2 cm³/mol. The Bertz CT molecular complexity index is 720. The van der Waals surface area contributed by atoms with Gasteiger partial charge in [-0.05, 0) is 30.7 Å². The molecule has 5 nitrogen and oxygen atoms in total. The number of aryl methyl sites for hydroxylation is 1. The van der Waals surface area contributed by atoms with E-state index in [0.717, 1.165) is 22.6 Å². The van der Waals surface area contributed by atoms with Crippen molar-refractivity contribution < 1.29 is 5.11 Å². The van der Waals surface area contributed by atoms with Crippen LogP contribution in [0.4, 0.5) is 5.82 Å². The van der Waals surface area contributed by atoms with Crippen LogP contribution in [-0.2, 0) is 6.54 Å². The van der Waals surface area contributed by atoms with Gasteiger partial charge >= 0.3 is 0 Å². The van der Waals surface area contributed by atoms with E-state index >= 15 is 0 Å². The van der Waals surface area contributed by atoms with Gasteiger partial charge in [0.25, 0.3) is 0 Å². The number of para-hydroxylation sites is 1. The molecule has 2 N–H and O–H groups in total. The van der Waals surface area contributed by atoms with Crippen LogP contribution in [0, 0.1) is 6.92 Å². The normalized spacial score (nSPS) is 10.8. The van der Waals surface area contributed by atoms with Gasteiger partial charge in [0.15, 0.2) is 5.65 Å². The topological polar surface area (TPSA) is 62.5 Å². The Morgan fingerprint density at radius 1 is 1.26 bits per heavy atom. The Labute approximate surface area is 110 Å². The van der Waals surface area contributed by atoms with Crippen LogP contribution in [0.2, 0.25) is 0 Å². The molecular formula is C14H14N4O. The quantitative estimate of drug-likeness (QED) is 0.753. The number of nitrogens with zero attached hydrogens (tertiary/aromatic N) is 3. The standard InChI is InChI=1S/C14H14N4O/c1-10-6-13(18-14(7-10)16-9-17-18)15-8-11-4-2-3-5-12(11)19/h2-7,9,15,19H,8H2,1H3. The number of phenolic OH excluding ortho intramolecular Hbond substituents is 1. The lowest BCUT2D eigenvalue weighted by molar-refractivity contribution is 0.469. The molecule has 1 aromatic carbocycles. The molecule has 0 atom stereocenters. The van der Waals surface area contributed by atoms with Crippen LogP contribution >= 0.6 is 0 Å². The number of benzene rings is 1. The number of phenols is 1. The first-order valence-electron chi connectivity index (χ1n) is 6.05. The highest BCUT2D eigenvalue weighted by Crippen LogP contribution is 2.18. The van der Waals surface area contributed by atoms with Gasteiger partial charge in [-0.25, -0.2) is 4.98 Å². The summed E-state index contributed by atoms with van der Waals surface area (Å²) in [6.07, 6.45) is 1.53. The van der Waals surface area contributed by atoms with E-state index in [1.54, 1.807) is 16.6 Å². The summed E-state index contributed by atoms with van der Waals surface area (Å²) >= 11 is 0. The number of aromatic nitrogens is 3. The number of hydrogen-bond donors (Lipinski definition) is 2. The minimum absolute atomic E-state index is 0.289. The maximum absolute atomic E-state index is 9.74. The summed E-state index contributed by atoms with van der Waals surface area (Å²) in [4.78, 5) is 4.18. The lowest BCUT2D eigenvalue weighted by Crippen LogP contribution is -2.05. The molecule has 2 heterocycles. The third-order valence-corrected chi connectivity index (χ3v) is 2.98. The highest BCUT2D eigenvalue weighted by Gasteiger charge is 2.05. The summed E-state index contributed by atoms with van der Waals surface area (Å²) in [5, 5.41) is 17.2. The van der Waals surface area contributed by atoms with E-state index in [1.165, 1.54) is 6.33 Å². The number of fused-ring (bicyclic) bond motifs is 1. The van der Waals surface area contributed by atoms with Gasteiger partial charge in [-0.1, -0.05) is 18.2 Å². The summed E-state index contributed by atoms with van der Waals surface area (Å²) in [6, 6.07) is 11.2. The van der Waals surface area contributed by atoms with Crippen molar-refractivity contribution >= 4 is 11.5 Å². The SMILES string of the molecule is Cc1cc(NCc2ccccc2O)n2ncnc2c1. The number of pyridine rings is 1. The molecule has 0 unspecified atom stereocenters. The zero-order valence-corrected chi connectivity index (χ0v) is 10.5. The molecule has 0 spiro atoms. The molecule has 0 aliphatic rings. The molecule has 2 aromatic heterocycles.